The number of nitrogen functional groups attached to an aromatic ring is 1. The van der Waals surface area contributed by atoms with E-state index < -0.39 is 0 Å². The molecule has 4 heteroatoms. The second kappa shape index (κ2) is 5.21. The van der Waals surface area contributed by atoms with Crippen LogP contribution in [0.15, 0.2) is 18.2 Å². The third-order valence-electron chi connectivity index (χ3n) is 4.02. The zero-order chi connectivity index (χ0) is 14.0. The first-order valence-corrected chi connectivity index (χ1v) is 6.94. The van der Waals surface area contributed by atoms with Gasteiger partial charge in [-0.2, -0.15) is 0 Å². The van der Waals surface area contributed by atoms with Crippen LogP contribution in [0, 0.1) is 0 Å². The Morgan fingerprint density at radius 3 is 2.68 bits per heavy atom. The molecule has 19 heavy (non-hydrogen) atoms. The van der Waals surface area contributed by atoms with E-state index >= 15 is 0 Å². The van der Waals surface area contributed by atoms with Crippen molar-refractivity contribution >= 4 is 16.7 Å². The van der Waals surface area contributed by atoms with Crippen LogP contribution in [0.3, 0.4) is 0 Å². The van der Waals surface area contributed by atoms with Gasteiger partial charge in [-0.15, -0.1) is 0 Å². The molecule has 0 saturated carbocycles. The quantitative estimate of drug-likeness (QED) is 0.813. The summed E-state index contributed by atoms with van der Waals surface area (Å²) < 4.78 is 2.28. The minimum Gasteiger partial charge on any atom is -0.399 e. The molecule has 104 valence electrons. The molecule has 0 radical (unpaired) electrons. The Bertz CT molecular complexity index is 576. The molecule has 3 N–H and O–H groups in total. The molecule has 1 atom stereocenters. The molecule has 0 spiro atoms. The molecular weight excluding hydrogens is 238 g/mol. The summed E-state index contributed by atoms with van der Waals surface area (Å²) >= 11 is 0. The fraction of sp³-hybridized carbons (Fsp3) is 0.533. The van der Waals surface area contributed by atoms with Crippen molar-refractivity contribution in [3.8, 4) is 0 Å². The van der Waals surface area contributed by atoms with Crippen LogP contribution in [0.25, 0.3) is 11.0 Å². The molecule has 0 fully saturated rings. The Morgan fingerprint density at radius 1 is 1.37 bits per heavy atom. The third kappa shape index (κ3) is 2.32. The molecule has 1 aromatic carbocycles. The lowest BCUT2D eigenvalue weighted by Crippen LogP contribution is -2.32. The van der Waals surface area contributed by atoms with E-state index in [1.807, 2.05) is 18.2 Å². The van der Waals surface area contributed by atoms with Crippen molar-refractivity contribution in [1.82, 2.24) is 9.55 Å². The summed E-state index contributed by atoms with van der Waals surface area (Å²) in [6, 6.07) is 5.86. The highest BCUT2D eigenvalue weighted by molar-refractivity contribution is 5.80. The summed E-state index contributed by atoms with van der Waals surface area (Å²) in [6.45, 7) is 6.62. The average molecular weight is 261 g/mol. The maximum Gasteiger partial charge on any atom is 0.110 e. The van der Waals surface area contributed by atoms with Gasteiger partial charge in [0.2, 0.25) is 0 Å². The highest BCUT2D eigenvalue weighted by atomic mass is 16.3. The van der Waals surface area contributed by atoms with Gasteiger partial charge in [-0.05, 0) is 38.0 Å². The standard InChI is InChI=1S/C15H23N3O/c1-4-14-17-12-10-11(16)6-7-13(12)18(14)15(3,5-2)8-9-19/h6-7,10,19H,4-5,8-9,16H2,1-3H3. The number of imidazole rings is 1. The first-order valence-electron chi connectivity index (χ1n) is 6.94. The van der Waals surface area contributed by atoms with E-state index in [2.05, 4.69) is 30.3 Å². The van der Waals surface area contributed by atoms with Crippen molar-refractivity contribution in [2.45, 2.75) is 45.6 Å². The number of aliphatic hydroxyl groups excluding tert-OH is 1. The number of anilines is 1. The van der Waals surface area contributed by atoms with E-state index in [4.69, 9.17) is 5.73 Å². The fourth-order valence-corrected chi connectivity index (χ4v) is 2.67. The molecule has 1 heterocycles. The topological polar surface area (TPSA) is 64.1 Å². The van der Waals surface area contributed by atoms with Gasteiger partial charge in [0.25, 0.3) is 0 Å². The summed E-state index contributed by atoms with van der Waals surface area (Å²) in [7, 11) is 0. The van der Waals surface area contributed by atoms with Crippen molar-refractivity contribution in [3.63, 3.8) is 0 Å². The van der Waals surface area contributed by atoms with Crippen molar-refractivity contribution in [2.24, 2.45) is 0 Å². The van der Waals surface area contributed by atoms with Gasteiger partial charge in [0.15, 0.2) is 0 Å². The van der Waals surface area contributed by atoms with Gasteiger partial charge < -0.3 is 15.4 Å². The van der Waals surface area contributed by atoms with Gasteiger partial charge >= 0.3 is 0 Å². The van der Waals surface area contributed by atoms with E-state index in [1.54, 1.807) is 0 Å². The number of nitrogens with two attached hydrogens (primary N) is 1. The van der Waals surface area contributed by atoms with E-state index in [-0.39, 0.29) is 12.1 Å². The molecule has 0 amide bonds. The summed E-state index contributed by atoms with van der Waals surface area (Å²) in [4.78, 5) is 4.69. The van der Waals surface area contributed by atoms with Gasteiger partial charge in [0.05, 0.1) is 11.0 Å². The normalized spacial score (nSPS) is 14.7. The van der Waals surface area contributed by atoms with Gasteiger partial charge in [0.1, 0.15) is 5.82 Å². The Labute approximate surface area is 114 Å². The summed E-state index contributed by atoms with van der Waals surface area (Å²) in [5.74, 6) is 1.05. The maximum absolute atomic E-state index is 9.36. The number of hydrogen-bond acceptors (Lipinski definition) is 3. The molecule has 1 unspecified atom stereocenters. The lowest BCUT2D eigenvalue weighted by molar-refractivity contribution is 0.194. The van der Waals surface area contributed by atoms with Gasteiger partial charge in [0, 0.05) is 24.3 Å². The second-order valence-electron chi connectivity index (χ2n) is 5.29. The Balaban J connectivity index is 2.69. The number of fused-ring (bicyclic) bond motifs is 1. The number of aliphatic hydroxyl groups is 1. The first kappa shape index (κ1) is 13.9. The lowest BCUT2D eigenvalue weighted by Gasteiger charge is -2.32. The largest absolute Gasteiger partial charge is 0.399 e. The number of aryl methyl sites for hydroxylation is 1. The van der Waals surface area contributed by atoms with E-state index in [1.165, 1.54) is 0 Å². The molecular formula is C15H23N3O. The molecule has 2 rings (SSSR count). The Kier molecular flexibility index (Phi) is 3.80. The van der Waals surface area contributed by atoms with Gasteiger partial charge in [-0.3, -0.25) is 0 Å². The smallest absolute Gasteiger partial charge is 0.110 e. The van der Waals surface area contributed by atoms with E-state index in [9.17, 15) is 5.11 Å². The Hall–Kier alpha value is -1.55. The van der Waals surface area contributed by atoms with Crippen LogP contribution in [-0.4, -0.2) is 21.3 Å². The number of benzene rings is 1. The summed E-state index contributed by atoms with van der Waals surface area (Å²) in [5.41, 5.74) is 8.51. The van der Waals surface area contributed by atoms with Crippen LogP contribution in [0.4, 0.5) is 5.69 Å². The molecule has 0 saturated heterocycles. The molecule has 0 aliphatic heterocycles. The number of hydrogen-bond donors (Lipinski definition) is 2. The van der Waals surface area contributed by atoms with E-state index in [0.717, 1.165) is 41.8 Å². The predicted octanol–water partition coefficient (Wildman–Crippen LogP) is 2.69. The van der Waals surface area contributed by atoms with Crippen molar-refractivity contribution < 1.29 is 5.11 Å². The minimum atomic E-state index is -0.106. The van der Waals surface area contributed by atoms with Crippen molar-refractivity contribution in [1.29, 1.82) is 0 Å². The maximum atomic E-state index is 9.36. The predicted molar refractivity (Wildman–Crippen MR) is 79.2 cm³/mol. The molecule has 2 aromatic rings. The lowest BCUT2D eigenvalue weighted by atomic mass is 9.93. The van der Waals surface area contributed by atoms with Crippen LogP contribution < -0.4 is 5.73 Å². The molecule has 0 bridgehead atoms. The zero-order valence-electron chi connectivity index (χ0n) is 12.0. The van der Waals surface area contributed by atoms with Crippen molar-refractivity contribution in [2.75, 3.05) is 12.3 Å². The summed E-state index contributed by atoms with van der Waals surface area (Å²) in [6.07, 6.45) is 2.55. The Morgan fingerprint density at radius 2 is 2.11 bits per heavy atom. The van der Waals surface area contributed by atoms with Crippen LogP contribution in [0.1, 0.15) is 39.4 Å². The van der Waals surface area contributed by atoms with Crippen molar-refractivity contribution in [3.05, 3.63) is 24.0 Å². The monoisotopic (exact) mass is 261 g/mol. The van der Waals surface area contributed by atoms with Crippen LogP contribution in [-0.2, 0) is 12.0 Å². The van der Waals surface area contributed by atoms with E-state index in [0.29, 0.717) is 0 Å². The SMILES string of the molecule is CCc1nc2cc(N)ccc2n1C(C)(CC)CCO. The fourth-order valence-electron chi connectivity index (χ4n) is 2.67. The molecule has 0 aliphatic carbocycles. The number of rotatable bonds is 5. The average Bonchev–Trinajstić information content (AvgIpc) is 2.76. The highest BCUT2D eigenvalue weighted by Crippen LogP contribution is 2.32. The van der Waals surface area contributed by atoms with Crippen LogP contribution in [0.2, 0.25) is 0 Å². The van der Waals surface area contributed by atoms with Gasteiger partial charge in [-0.25, -0.2) is 4.98 Å². The number of nitrogens with zero attached hydrogens (tertiary/aromatic N) is 2. The molecule has 4 nitrogen and oxygen atoms in total. The highest BCUT2D eigenvalue weighted by Gasteiger charge is 2.28. The first-order chi connectivity index (χ1) is 9.05. The third-order valence-corrected chi connectivity index (χ3v) is 4.02. The van der Waals surface area contributed by atoms with Gasteiger partial charge in [-0.1, -0.05) is 13.8 Å². The van der Waals surface area contributed by atoms with Crippen LogP contribution >= 0.6 is 0 Å². The second-order valence-corrected chi connectivity index (χ2v) is 5.29. The molecule has 0 aliphatic rings. The minimum absolute atomic E-state index is 0.106. The molecule has 1 aromatic heterocycles. The van der Waals surface area contributed by atoms with Crippen LogP contribution in [0.5, 0.6) is 0 Å². The number of aromatic nitrogens is 2. The zero-order valence-corrected chi connectivity index (χ0v) is 12.0. The summed E-state index contributed by atoms with van der Waals surface area (Å²) in [5, 5.41) is 9.36.